The highest BCUT2D eigenvalue weighted by Gasteiger charge is 2.15. The van der Waals surface area contributed by atoms with Gasteiger partial charge in [0, 0.05) is 13.2 Å². The molecule has 5 nitrogen and oxygen atoms in total. The second-order valence-electron chi connectivity index (χ2n) is 4.83. The van der Waals surface area contributed by atoms with E-state index in [-0.39, 0.29) is 18.4 Å². The first-order valence-corrected chi connectivity index (χ1v) is 7.13. The number of nitrogens with one attached hydrogen (secondary N) is 1. The van der Waals surface area contributed by atoms with Crippen molar-refractivity contribution < 1.29 is 10.3 Å². The summed E-state index contributed by atoms with van der Waals surface area (Å²) >= 11 is 0. The van der Waals surface area contributed by atoms with Crippen LogP contribution in [0.15, 0.2) is 35.5 Å². The Labute approximate surface area is 120 Å². The summed E-state index contributed by atoms with van der Waals surface area (Å²) in [5.41, 5.74) is 6.80. The zero-order chi connectivity index (χ0) is 14.6. The molecule has 1 unspecified atom stereocenters. The molecule has 0 radical (unpaired) electrons. The minimum Gasteiger partial charge on any atom is -0.409 e. The summed E-state index contributed by atoms with van der Waals surface area (Å²) in [4.78, 5) is 0. The minimum atomic E-state index is -0.112. The average molecular weight is 279 g/mol. The maximum atomic E-state index is 8.88. The molecule has 0 bridgehead atoms. The molecule has 0 fully saturated rings. The van der Waals surface area contributed by atoms with E-state index in [0.717, 1.165) is 37.8 Å². The summed E-state index contributed by atoms with van der Waals surface area (Å²) in [6.45, 7) is 1.82. The normalized spacial score (nSPS) is 13.3. The number of hydrogen-bond acceptors (Lipinski definition) is 4. The first kappa shape index (κ1) is 16.5. The van der Waals surface area contributed by atoms with Crippen LogP contribution in [0, 0.1) is 0 Å². The van der Waals surface area contributed by atoms with E-state index in [0.29, 0.717) is 6.54 Å². The second kappa shape index (κ2) is 10.2. The number of hydrogen-bond donors (Lipinski definition) is 4. The summed E-state index contributed by atoms with van der Waals surface area (Å²) in [7, 11) is 0. The van der Waals surface area contributed by atoms with Crippen molar-refractivity contribution in [2.75, 3.05) is 19.7 Å². The molecule has 0 aliphatic rings. The van der Waals surface area contributed by atoms with Gasteiger partial charge in [0.15, 0.2) is 0 Å². The third kappa shape index (κ3) is 6.04. The van der Waals surface area contributed by atoms with Gasteiger partial charge in [0.1, 0.15) is 5.84 Å². The maximum Gasteiger partial charge on any atom is 0.147 e. The Kier molecular flexibility index (Phi) is 8.42. The largest absolute Gasteiger partial charge is 0.409 e. The number of aliphatic hydroxyl groups excluding tert-OH is 1. The van der Waals surface area contributed by atoms with Crippen LogP contribution in [0.2, 0.25) is 0 Å². The monoisotopic (exact) mass is 279 g/mol. The van der Waals surface area contributed by atoms with Gasteiger partial charge in [-0.2, -0.15) is 0 Å². The Balaban J connectivity index is 2.36. The SMILES string of the molecule is N/C(=N/O)C(CNCCCCCCO)c1ccccc1. The Hall–Kier alpha value is -1.59. The van der Waals surface area contributed by atoms with Gasteiger partial charge in [-0.15, -0.1) is 0 Å². The molecular weight excluding hydrogens is 254 g/mol. The minimum absolute atomic E-state index is 0.112. The Morgan fingerprint density at radius 2 is 1.85 bits per heavy atom. The van der Waals surface area contributed by atoms with Crippen molar-refractivity contribution in [3.05, 3.63) is 35.9 Å². The van der Waals surface area contributed by atoms with E-state index in [1.54, 1.807) is 0 Å². The second-order valence-corrected chi connectivity index (χ2v) is 4.83. The summed E-state index contributed by atoms with van der Waals surface area (Å²) in [6, 6.07) is 9.79. The highest BCUT2D eigenvalue weighted by molar-refractivity contribution is 5.87. The van der Waals surface area contributed by atoms with Crippen LogP contribution in [0.5, 0.6) is 0 Å². The van der Waals surface area contributed by atoms with Crippen molar-refractivity contribution >= 4 is 5.84 Å². The van der Waals surface area contributed by atoms with Crippen molar-refractivity contribution in [2.45, 2.75) is 31.6 Å². The lowest BCUT2D eigenvalue weighted by Crippen LogP contribution is -2.32. The molecule has 1 aromatic rings. The van der Waals surface area contributed by atoms with Crippen LogP contribution in [0.1, 0.15) is 37.2 Å². The summed E-state index contributed by atoms with van der Waals surface area (Å²) < 4.78 is 0. The molecule has 112 valence electrons. The molecule has 0 heterocycles. The molecule has 0 aliphatic carbocycles. The van der Waals surface area contributed by atoms with Gasteiger partial charge in [-0.25, -0.2) is 0 Å². The molecule has 0 amide bonds. The smallest absolute Gasteiger partial charge is 0.147 e. The van der Waals surface area contributed by atoms with E-state index in [9.17, 15) is 0 Å². The van der Waals surface area contributed by atoms with Gasteiger partial charge in [0.05, 0.1) is 5.92 Å². The molecule has 1 aromatic carbocycles. The Morgan fingerprint density at radius 3 is 2.50 bits per heavy atom. The molecule has 20 heavy (non-hydrogen) atoms. The lowest BCUT2D eigenvalue weighted by molar-refractivity contribution is 0.282. The van der Waals surface area contributed by atoms with Gasteiger partial charge in [0.25, 0.3) is 0 Å². The first-order valence-electron chi connectivity index (χ1n) is 7.13. The third-order valence-corrected chi connectivity index (χ3v) is 3.28. The van der Waals surface area contributed by atoms with Gasteiger partial charge < -0.3 is 21.4 Å². The zero-order valence-electron chi connectivity index (χ0n) is 11.8. The van der Waals surface area contributed by atoms with Crippen LogP contribution in [0.4, 0.5) is 0 Å². The van der Waals surface area contributed by atoms with E-state index < -0.39 is 0 Å². The number of nitrogens with two attached hydrogens (primary N) is 1. The fraction of sp³-hybridized carbons (Fsp3) is 0.533. The van der Waals surface area contributed by atoms with Crippen LogP contribution >= 0.6 is 0 Å². The van der Waals surface area contributed by atoms with E-state index in [4.69, 9.17) is 16.0 Å². The van der Waals surface area contributed by atoms with Crippen LogP contribution in [0.25, 0.3) is 0 Å². The number of aliphatic hydroxyl groups is 1. The highest BCUT2D eigenvalue weighted by atomic mass is 16.4. The maximum absolute atomic E-state index is 8.88. The van der Waals surface area contributed by atoms with Crippen molar-refractivity contribution in [2.24, 2.45) is 10.9 Å². The number of unbranched alkanes of at least 4 members (excludes halogenated alkanes) is 3. The summed E-state index contributed by atoms with van der Waals surface area (Å²) in [6.07, 6.45) is 4.10. The van der Waals surface area contributed by atoms with Crippen LogP contribution in [0.3, 0.4) is 0 Å². The van der Waals surface area contributed by atoms with Gasteiger partial charge in [-0.3, -0.25) is 0 Å². The highest BCUT2D eigenvalue weighted by Crippen LogP contribution is 2.14. The molecular formula is C15H25N3O2. The molecule has 0 aromatic heterocycles. The standard InChI is InChI=1S/C15H25N3O2/c16-15(18-20)14(13-8-4-3-5-9-13)12-17-10-6-1-2-7-11-19/h3-5,8-9,14,17,19-20H,1-2,6-7,10-12H2,(H2,16,18). The lowest BCUT2D eigenvalue weighted by Gasteiger charge is -2.16. The summed E-state index contributed by atoms with van der Waals surface area (Å²) in [5, 5.41) is 24.0. The van der Waals surface area contributed by atoms with Crippen molar-refractivity contribution in [3.63, 3.8) is 0 Å². The molecule has 0 spiro atoms. The van der Waals surface area contributed by atoms with E-state index >= 15 is 0 Å². The lowest BCUT2D eigenvalue weighted by atomic mass is 9.98. The Morgan fingerprint density at radius 1 is 1.15 bits per heavy atom. The summed E-state index contributed by atoms with van der Waals surface area (Å²) in [5.74, 6) is 0.114. The van der Waals surface area contributed by atoms with Crippen LogP contribution in [-0.2, 0) is 0 Å². The van der Waals surface area contributed by atoms with E-state index in [2.05, 4.69) is 10.5 Å². The number of benzene rings is 1. The molecule has 5 heteroatoms. The molecule has 5 N–H and O–H groups in total. The van der Waals surface area contributed by atoms with Crippen molar-refractivity contribution in [1.82, 2.24) is 5.32 Å². The zero-order valence-corrected chi connectivity index (χ0v) is 11.8. The average Bonchev–Trinajstić information content (AvgIpc) is 2.50. The predicted molar refractivity (Wildman–Crippen MR) is 81.0 cm³/mol. The van der Waals surface area contributed by atoms with Gasteiger partial charge in [-0.05, 0) is 24.9 Å². The Bertz CT molecular complexity index is 382. The van der Waals surface area contributed by atoms with E-state index in [1.807, 2.05) is 30.3 Å². The van der Waals surface area contributed by atoms with Crippen LogP contribution < -0.4 is 11.1 Å². The molecule has 0 saturated heterocycles. The topological polar surface area (TPSA) is 90.9 Å². The van der Waals surface area contributed by atoms with Gasteiger partial charge >= 0.3 is 0 Å². The van der Waals surface area contributed by atoms with Crippen molar-refractivity contribution in [1.29, 1.82) is 0 Å². The fourth-order valence-electron chi connectivity index (χ4n) is 2.11. The quantitative estimate of drug-likeness (QED) is 0.172. The molecule has 1 rings (SSSR count). The van der Waals surface area contributed by atoms with Crippen LogP contribution in [-0.4, -0.2) is 35.8 Å². The number of nitrogens with zero attached hydrogens (tertiary/aromatic N) is 1. The predicted octanol–water partition coefficient (Wildman–Crippen LogP) is 1.66. The van der Waals surface area contributed by atoms with E-state index in [1.165, 1.54) is 0 Å². The number of rotatable bonds is 10. The molecule has 0 saturated carbocycles. The third-order valence-electron chi connectivity index (χ3n) is 3.28. The van der Waals surface area contributed by atoms with Gasteiger partial charge in [0.2, 0.25) is 0 Å². The molecule has 0 aliphatic heterocycles. The first-order chi connectivity index (χ1) is 9.79. The number of amidine groups is 1. The number of oxime groups is 1. The molecule has 1 atom stereocenters. The fourth-order valence-corrected chi connectivity index (χ4v) is 2.11. The van der Waals surface area contributed by atoms with Gasteiger partial charge in [-0.1, -0.05) is 48.3 Å². The van der Waals surface area contributed by atoms with Crippen molar-refractivity contribution in [3.8, 4) is 0 Å².